The molecule has 0 unspecified atom stereocenters. The fraction of sp³-hybridized carbons (Fsp3) is 0.111. The van der Waals surface area contributed by atoms with Crippen LogP contribution in [0.25, 0.3) is 0 Å². The van der Waals surface area contributed by atoms with Crippen molar-refractivity contribution < 1.29 is 14.6 Å². The number of hydrogen-bond donors (Lipinski definition) is 1. The molecule has 0 radical (unpaired) electrons. The van der Waals surface area contributed by atoms with Crippen molar-refractivity contribution in [2.75, 3.05) is 0 Å². The number of nitrogens with zero attached hydrogens (tertiary/aromatic N) is 1. The molecule has 0 saturated carbocycles. The summed E-state index contributed by atoms with van der Waals surface area (Å²) in [7, 11) is 0. The van der Waals surface area contributed by atoms with Crippen LogP contribution in [0.1, 0.15) is 5.56 Å². The third kappa shape index (κ3) is 3.37. The van der Waals surface area contributed by atoms with E-state index in [0.29, 0.717) is 11.0 Å². The van der Waals surface area contributed by atoms with Crippen LogP contribution in [-0.2, 0) is 11.3 Å². The van der Waals surface area contributed by atoms with Gasteiger partial charge in [0.15, 0.2) is 6.54 Å². The van der Waals surface area contributed by atoms with Crippen molar-refractivity contribution in [1.29, 1.82) is 0 Å². The summed E-state index contributed by atoms with van der Waals surface area (Å²) in [6.45, 7) is 0.0626. The van der Waals surface area contributed by atoms with E-state index in [1.807, 2.05) is 6.07 Å². The van der Waals surface area contributed by atoms with Gasteiger partial charge in [0.1, 0.15) is 0 Å². The van der Waals surface area contributed by atoms with Crippen LogP contribution in [0, 0.1) is 5.21 Å². The summed E-state index contributed by atoms with van der Waals surface area (Å²) in [6.07, 6.45) is 0.604. The Morgan fingerprint density at radius 2 is 2.08 bits per heavy atom. The number of aliphatic carboxylic acids is 1. The summed E-state index contributed by atoms with van der Waals surface area (Å²) in [5.74, 6) is -1.23. The first-order valence-electron chi connectivity index (χ1n) is 3.74. The fourth-order valence-corrected chi connectivity index (χ4v) is 0.932. The molecule has 0 bridgehead atoms. The van der Waals surface area contributed by atoms with E-state index < -0.39 is 5.97 Å². The van der Waals surface area contributed by atoms with Crippen LogP contribution in [0.15, 0.2) is 30.3 Å². The van der Waals surface area contributed by atoms with E-state index in [9.17, 15) is 10.0 Å². The van der Waals surface area contributed by atoms with Crippen molar-refractivity contribution in [1.82, 2.24) is 0 Å². The minimum absolute atomic E-state index is 0.0626. The maximum absolute atomic E-state index is 10.9. The second-order valence-corrected chi connectivity index (χ2v) is 2.53. The average Bonchev–Trinajstić information content (AvgIpc) is 2.04. The number of carboxylic acid groups (broad SMARTS) is 1. The van der Waals surface area contributed by atoms with E-state index in [2.05, 4.69) is 0 Å². The van der Waals surface area contributed by atoms with Crippen LogP contribution in [-0.4, -0.2) is 22.0 Å². The van der Waals surface area contributed by atoms with E-state index in [0.717, 1.165) is 5.56 Å². The lowest BCUT2D eigenvalue weighted by Crippen LogP contribution is -2.11. The molecule has 1 aromatic carbocycles. The van der Waals surface area contributed by atoms with Gasteiger partial charge in [0, 0.05) is 5.56 Å². The monoisotopic (exact) mass is 179 g/mol. The topological polar surface area (TPSA) is 63.4 Å². The Bertz CT molecular complexity index is 319. The van der Waals surface area contributed by atoms with Gasteiger partial charge >= 0.3 is 5.97 Å². The number of carbonyl (C=O) groups is 1. The molecule has 0 aromatic heterocycles. The molecule has 4 nitrogen and oxygen atoms in total. The number of benzene rings is 1. The van der Waals surface area contributed by atoms with Crippen LogP contribution >= 0.6 is 0 Å². The number of hydroxylamine groups is 1. The van der Waals surface area contributed by atoms with Crippen molar-refractivity contribution in [2.24, 2.45) is 0 Å². The highest BCUT2D eigenvalue weighted by Crippen LogP contribution is 1.98. The Hall–Kier alpha value is -1.84. The smallest absolute Gasteiger partial charge is 0.394 e. The lowest BCUT2D eigenvalue weighted by Gasteiger charge is -2.01. The summed E-state index contributed by atoms with van der Waals surface area (Å²) in [5, 5.41) is 19.2. The number of carboxylic acids is 1. The molecule has 0 aliphatic heterocycles. The van der Waals surface area contributed by atoms with Crippen LogP contribution in [0.2, 0.25) is 0 Å². The van der Waals surface area contributed by atoms with Crippen molar-refractivity contribution in [3.63, 3.8) is 0 Å². The lowest BCUT2D eigenvalue weighted by molar-refractivity contribution is -0.469. The first kappa shape index (κ1) is 9.25. The molecule has 13 heavy (non-hydrogen) atoms. The van der Waals surface area contributed by atoms with Crippen LogP contribution in [0.3, 0.4) is 0 Å². The molecule has 1 aromatic rings. The van der Waals surface area contributed by atoms with Crippen LogP contribution < -0.4 is 0 Å². The zero-order valence-electron chi connectivity index (χ0n) is 6.88. The predicted octanol–water partition coefficient (Wildman–Crippen LogP) is 0.852. The minimum Gasteiger partial charge on any atom is -0.623 e. The van der Waals surface area contributed by atoms with Gasteiger partial charge in [-0.25, -0.2) is 9.53 Å². The second-order valence-electron chi connectivity index (χ2n) is 2.53. The Labute approximate surface area is 75.3 Å². The van der Waals surface area contributed by atoms with Gasteiger partial charge in [0.2, 0.25) is 0 Å². The molecule has 0 aliphatic rings. The molecule has 1 rings (SSSR count). The third-order valence-electron chi connectivity index (χ3n) is 1.44. The molecule has 4 heteroatoms. The van der Waals surface area contributed by atoms with Crippen molar-refractivity contribution in [2.45, 2.75) is 6.54 Å². The van der Waals surface area contributed by atoms with Crippen LogP contribution in [0.5, 0.6) is 0 Å². The summed E-state index contributed by atoms with van der Waals surface area (Å²) >= 11 is 0. The second kappa shape index (κ2) is 4.25. The third-order valence-corrected chi connectivity index (χ3v) is 1.44. The molecular formula is C9H9NO3. The quantitative estimate of drug-likeness (QED) is 0.324. The van der Waals surface area contributed by atoms with Crippen molar-refractivity contribution >= 4 is 12.2 Å². The minimum atomic E-state index is -1.23. The Kier molecular flexibility index (Phi) is 3.03. The lowest BCUT2D eigenvalue weighted by atomic mass is 10.2. The molecule has 1 N–H and O–H groups in total. The van der Waals surface area contributed by atoms with Gasteiger partial charge in [0.25, 0.3) is 6.21 Å². The average molecular weight is 179 g/mol. The van der Waals surface area contributed by atoms with E-state index >= 15 is 0 Å². The van der Waals surface area contributed by atoms with E-state index in [-0.39, 0.29) is 6.54 Å². The first-order valence-corrected chi connectivity index (χ1v) is 3.74. The molecule has 0 atom stereocenters. The molecule has 0 spiro atoms. The Morgan fingerprint density at radius 1 is 1.46 bits per heavy atom. The van der Waals surface area contributed by atoms with Gasteiger partial charge in [0.05, 0.1) is 0 Å². The Balaban J connectivity index is 2.65. The van der Waals surface area contributed by atoms with Gasteiger partial charge in [-0.1, -0.05) is 30.3 Å². The van der Waals surface area contributed by atoms with Gasteiger partial charge in [-0.15, -0.1) is 0 Å². The van der Waals surface area contributed by atoms with Crippen molar-refractivity contribution in [3.05, 3.63) is 41.1 Å². The van der Waals surface area contributed by atoms with Gasteiger partial charge in [-0.05, 0) is 0 Å². The standard InChI is InChI=1S/C9H9NO3/c11-9(12)7-10(13)6-8-4-2-1-3-5-8/h1-5,7H,6H2,(H,11,12)/b10-7+. The molecule has 68 valence electrons. The van der Waals surface area contributed by atoms with Gasteiger partial charge in [-0.2, -0.15) is 0 Å². The molecular weight excluding hydrogens is 170 g/mol. The summed E-state index contributed by atoms with van der Waals surface area (Å²) in [6, 6.07) is 8.95. The fourth-order valence-electron chi connectivity index (χ4n) is 0.932. The van der Waals surface area contributed by atoms with Crippen molar-refractivity contribution in [3.8, 4) is 0 Å². The normalized spacial score (nSPS) is 11.2. The highest BCUT2D eigenvalue weighted by atomic mass is 16.5. The summed E-state index contributed by atoms with van der Waals surface area (Å²) in [4.78, 5) is 10.1. The summed E-state index contributed by atoms with van der Waals surface area (Å²) < 4.78 is 0.387. The number of rotatable bonds is 3. The highest BCUT2D eigenvalue weighted by Gasteiger charge is 2.00. The zero-order valence-corrected chi connectivity index (χ0v) is 6.88. The van der Waals surface area contributed by atoms with E-state index in [4.69, 9.17) is 5.11 Å². The number of hydrogen-bond acceptors (Lipinski definition) is 2. The van der Waals surface area contributed by atoms with E-state index in [1.54, 1.807) is 24.3 Å². The molecule has 0 fully saturated rings. The van der Waals surface area contributed by atoms with E-state index in [1.165, 1.54) is 0 Å². The molecule has 0 aliphatic carbocycles. The van der Waals surface area contributed by atoms with Gasteiger partial charge < -0.3 is 10.3 Å². The maximum atomic E-state index is 10.9. The first-order chi connectivity index (χ1) is 6.18. The highest BCUT2D eigenvalue weighted by molar-refractivity contribution is 6.19. The zero-order chi connectivity index (χ0) is 9.68. The maximum Gasteiger partial charge on any atom is 0.394 e. The molecule has 0 amide bonds. The largest absolute Gasteiger partial charge is 0.623 e. The van der Waals surface area contributed by atoms with Gasteiger partial charge in [-0.3, -0.25) is 0 Å². The predicted molar refractivity (Wildman–Crippen MR) is 47.5 cm³/mol. The van der Waals surface area contributed by atoms with Crippen LogP contribution in [0.4, 0.5) is 0 Å². The summed E-state index contributed by atoms with van der Waals surface area (Å²) in [5.41, 5.74) is 0.787. The molecule has 0 saturated heterocycles. The Morgan fingerprint density at radius 3 is 2.62 bits per heavy atom. The molecule has 0 heterocycles. The SMILES string of the molecule is O=C(O)/C=[N+](/[O-])Cc1ccccc1.